The van der Waals surface area contributed by atoms with E-state index in [0.29, 0.717) is 71.3 Å². The third-order valence-electron chi connectivity index (χ3n) is 6.68. The van der Waals surface area contributed by atoms with E-state index in [4.69, 9.17) is 31.8 Å². The Bertz CT molecular complexity index is 1210. The van der Waals surface area contributed by atoms with E-state index in [1.807, 2.05) is 35.2 Å². The lowest BCUT2D eigenvalue weighted by atomic mass is 9.92. The van der Waals surface area contributed by atoms with Gasteiger partial charge in [-0.3, -0.25) is 4.79 Å². The second-order valence-corrected chi connectivity index (χ2v) is 9.25. The molecule has 34 heavy (non-hydrogen) atoms. The lowest BCUT2D eigenvalue weighted by Gasteiger charge is -2.36. The van der Waals surface area contributed by atoms with Crippen molar-refractivity contribution in [3.63, 3.8) is 0 Å². The maximum Gasteiger partial charge on any atom is 0.230 e. The molecule has 1 saturated heterocycles. The second kappa shape index (κ2) is 9.18. The van der Waals surface area contributed by atoms with Gasteiger partial charge in [0.1, 0.15) is 5.82 Å². The lowest BCUT2D eigenvalue weighted by molar-refractivity contribution is -0.133. The van der Waals surface area contributed by atoms with E-state index < -0.39 is 0 Å². The average molecular weight is 482 g/mol. The number of carbonyl (C=O) groups excluding carboxylic acids is 1. The van der Waals surface area contributed by atoms with Gasteiger partial charge in [0.2, 0.25) is 11.9 Å². The predicted octanol–water partition coefficient (Wildman–Crippen LogP) is 3.73. The summed E-state index contributed by atoms with van der Waals surface area (Å²) < 4.78 is 10.8. The van der Waals surface area contributed by atoms with Crippen molar-refractivity contribution in [2.24, 2.45) is 5.92 Å². The third-order valence-corrected chi connectivity index (χ3v) is 6.93. The van der Waals surface area contributed by atoms with Gasteiger partial charge in [0.25, 0.3) is 0 Å². The molecule has 2 N–H and O–H groups in total. The number of fused-ring (bicyclic) bond motifs is 1. The molecule has 2 fully saturated rings. The Labute approximate surface area is 203 Å². The minimum atomic E-state index is -0.0983. The van der Waals surface area contributed by atoms with E-state index in [2.05, 4.69) is 9.88 Å². The van der Waals surface area contributed by atoms with E-state index in [1.165, 1.54) is 0 Å². The molecule has 178 valence electrons. The van der Waals surface area contributed by atoms with Crippen LogP contribution in [0.4, 0.5) is 11.8 Å². The molecule has 1 amide bonds. The van der Waals surface area contributed by atoms with E-state index in [0.717, 1.165) is 18.4 Å². The molecule has 1 unspecified atom stereocenters. The van der Waals surface area contributed by atoms with E-state index >= 15 is 0 Å². The number of rotatable bonds is 6. The van der Waals surface area contributed by atoms with Crippen LogP contribution in [0.1, 0.15) is 24.3 Å². The summed E-state index contributed by atoms with van der Waals surface area (Å²) in [6.07, 6.45) is 2.19. The summed E-state index contributed by atoms with van der Waals surface area (Å²) in [7, 11) is 3.17. The van der Waals surface area contributed by atoms with Gasteiger partial charge in [-0.1, -0.05) is 23.7 Å². The van der Waals surface area contributed by atoms with Crippen LogP contribution in [-0.2, 0) is 4.79 Å². The Morgan fingerprint density at radius 3 is 2.29 bits per heavy atom. The molecule has 1 aliphatic heterocycles. The quantitative estimate of drug-likeness (QED) is 0.573. The van der Waals surface area contributed by atoms with Crippen molar-refractivity contribution in [2.75, 3.05) is 51.0 Å². The van der Waals surface area contributed by atoms with Crippen molar-refractivity contribution in [1.29, 1.82) is 0 Å². The van der Waals surface area contributed by atoms with Crippen LogP contribution in [0.2, 0.25) is 5.02 Å². The smallest absolute Gasteiger partial charge is 0.230 e. The van der Waals surface area contributed by atoms with Crippen LogP contribution in [0.5, 0.6) is 11.5 Å². The Balaban J connectivity index is 1.32. The zero-order valence-electron chi connectivity index (χ0n) is 19.3. The van der Waals surface area contributed by atoms with Crippen molar-refractivity contribution >= 4 is 40.2 Å². The molecule has 8 nitrogen and oxygen atoms in total. The number of amides is 1. The number of nitrogens with two attached hydrogens (primary N) is 1. The molecule has 2 aromatic carbocycles. The summed E-state index contributed by atoms with van der Waals surface area (Å²) in [6.45, 7) is 2.51. The van der Waals surface area contributed by atoms with Gasteiger partial charge in [0.15, 0.2) is 11.5 Å². The third kappa shape index (κ3) is 4.30. The number of anilines is 2. The topological polar surface area (TPSA) is 93.8 Å². The van der Waals surface area contributed by atoms with Gasteiger partial charge in [-0.05, 0) is 42.5 Å². The fourth-order valence-electron chi connectivity index (χ4n) is 4.65. The summed E-state index contributed by atoms with van der Waals surface area (Å²) in [5.41, 5.74) is 8.00. The lowest BCUT2D eigenvalue weighted by Crippen LogP contribution is -2.50. The first-order valence-corrected chi connectivity index (χ1v) is 11.8. The van der Waals surface area contributed by atoms with E-state index in [9.17, 15) is 4.79 Å². The van der Waals surface area contributed by atoms with E-state index in [-0.39, 0.29) is 11.8 Å². The van der Waals surface area contributed by atoms with Crippen LogP contribution in [0, 0.1) is 5.92 Å². The molecule has 1 aliphatic carbocycles. The maximum absolute atomic E-state index is 13.5. The maximum atomic E-state index is 13.5. The van der Waals surface area contributed by atoms with Crippen LogP contribution in [0.25, 0.3) is 10.9 Å². The van der Waals surface area contributed by atoms with Gasteiger partial charge in [0.05, 0.1) is 25.7 Å². The number of aromatic nitrogens is 2. The highest BCUT2D eigenvalue weighted by Gasteiger charge is 2.40. The zero-order valence-corrected chi connectivity index (χ0v) is 20.1. The fourth-order valence-corrected chi connectivity index (χ4v) is 4.77. The highest BCUT2D eigenvalue weighted by molar-refractivity contribution is 6.30. The highest BCUT2D eigenvalue weighted by atomic mass is 35.5. The number of methoxy groups -OCH3 is 2. The number of benzene rings is 2. The standard InChI is InChI=1S/C25H28ClN5O3/c1-33-20-13-18-19(14-21(20)34-2)28-25(29-23(18)27)31-11-9-30(10-12-31)24(32)22(15-3-4-15)16-5-7-17(26)8-6-16/h5-8,13-15,22H,3-4,9-12H2,1-2H3,(H2,27,28,29). The molecule has 0 radical (unpaired) electrons. The van der Waals surface area contributed by atoms with Crippen LogP contribution < -0.4 is 20.1 Å². The Hall–Kier alpha value is -3.26. The Morgan fingerprint density at radius 2 is 1.68 bits per heavy atom. The molecule has 1 aromatic heterocycles. The van der Waals surface area contributed by atoms with Gasteiger partial charge in [0, 0.05) is 42.7 Å². The fraction of sp³-hybridized carbons (Fsp3) is 0.400. The SMILES string of the molecule is COc1cc2nc(N3CCN(C(=O)C(c4ccc(Cl)cc4)C4CC4)CC3)nc(N)c2cc1OC. The van der Waals surface area contributed by atoms with Crippen molar-refractivity contribution < 1.29 is 14.3 Å². The Morgan fingerprint density at radius 1 is 1.03 bits per heavy atom. The van der Waals surface area contributed by atoms with Crippen LogP contribution in [-0.4, -0.2) is 61.2 Å². The van der Waals surface area contributed by atoms with Gasteiger partial charge in [-0.2, -0.15) is 4.98 Å². The molecule has 2 heterocycles. The monoisotopic (exact) mass is 481 g/mol. The van der Waals surface area contributed by atoms with Crippen LogP contribution >= 0.6 is 11.6 Å². The summed E-state index contributed by atoms with van der Waals surface area (Å²) in [6, 6.07) is 11.3. The largest absolute Gasteiger partial charge is 0.493 e. The second-order valence-electron chi connectivity index (χ2n) is 8.81. The normalized spacial score (nSPS) is 17.0. The summed E-state index contributed by atoms with van der Waals surface area (Å²) in [5, 5.41) is 1.40. The minimum Gasteiger partial charge on any atom is -0.493 e. The first-order valence-electron chi connectivity index (χ1n) is 11.5. The first-order chi connectivity index (χ1) is 16.5. The number of piperazine rings is 1. The summed E-state index contributed by atoms with van der Waals surface area (Å²) in [5.74, 6) is 2.62. The Kier molecular flexibility index (Phi) is 6.08. The number of halogens is 1. The molecular formula is C25H28ClN5O3. The molecule has 0 bridgehead atoms. The number of nitrogen functional groups attached to an aromatic ring is 1. The zero-order chi connectivity index (χ0) is 23.8. The van der Waals surface area contributed by atoms with Crippen molar-refractivity contribution in [1.82, 2.24) is 14.9 Å². The number of hydrogen-bond donors (Lipinski definition) is 1. The summed E-state index contributed by atoms with van der Waals surface area (Å²) in [4.78, 5) is 26.8. The molecule has 2 aliphatic rings. The van der Waals surface area contributed by atoms with Gasteiger partial charge >= 0.3 is 0 Å². The van der Waals surface area contributed by atoms with Crippen LogP contribution in [0.3, 0.4) is 0 Å². The first kappa shape index (κ1) is 22.5. The number of carbonyl (C=O) groups is 1. The van der Waals surface area contributed by atoms with Gasteiger partial charge < -0.3 is 25.0 Å². The predicted molar refractivity (Wildman–Crippen MR) is 133 cm³/mol. The van der Waals surface area contributed by atoms with E-state index in [1.54, 1.807) is 20.3 Å². The molecule has 5 rings (SSSR count). The molecular weight excluding hydrogens is 454 g/mol. The van der Waals surface area contributed by atoms with Crippen molar-refractivity contribution in [3.05, 3.63) is 47.0 Å². The number of nitrogens with zero attached hydrogens (tertiary/aromatic N) is 4. The van der Waals surface area contributed by atoms with Crippen molar-refractivity contribution in [3.8, 4) is 11.5 Å². The molecule has 9 heteroatoms. The molecule has 3 aromatic rings. The van der Waals surface area contributed by atoms with Gasteiger partial charge in [-0.15, -0.1) is 0 Å². The molecule has 1 saturated carbocycles. The number of hydrogen-bond acceptors (Lipinski definition) is 7. The molecule has 1 atom stereocenters. The summed E-state index contributed by atoms with van der Waals surface area (Å²) >= 11 is 6.06. The van der Waals surface area contributed by atoms with Crippen LogP contribution in [0.15, 0.2) is 36.4 Å². The highest BCUT2D eigenvalue weighted by Crippen LogP contribution is 2.44. The average Bonchev–Trinajstić information content (AvgIpc) is 3.69. The van der Waals surface area contributed by atoms with Gasteiger partial charge in [-0.25, -0.2) is 4.98 Å². The number of ether oxygens (including phenoxy) is 2. The molecule has 0 spiro atoms. The van der Waals surface area contributed by atoms with Crippen molar-refractivity contribution in [2.45, 2.75) is 18.8 Å². The minimum absolute atomic E-state index is 0.0983.